The number of carboxylic acid groups (broad SMARTS) is 1. The van der Waals surface area contributed by atoms with Crippen LogP contribution in [-0.4, -0.2) is 49.0 Å². The number of rotatable bonds is 4. The minimum atomic E-state index is -1.07. The summed E-state index contributed by atoms with van der Waals surface area (Å²) in [7, 11) is 0. The number of fused-ring (bicyclic) bond motifs is 1. The molecule has 0 bridgehead atoms. The fraction of sp³-hybridized carbons (Fsp3) is 0.286. The van der Waals surface area contributed by atoms with E-state index >= 15 is 0 Å². The molecule has 22 heavy (non-hydrogen) atoms. The van der Waals surface area contributed by atoms with E-state index < -0.39 is 12.0 Å². The number of carbonyl (C=O) groups excluding carboxylic acids is 1. The van der Waals surface area contributed by atoms with Crippen LogP contribution in [0.4, 0.5) is 0 Å². The summed E-state index contributed by atoms with van der Waals surface area (Å²) in [6.07, 6.45) is 5.47. The average Bonchev–Trinajstić information content (AvgIpc) is 2.52. The number of carboxylic acids is 1. The van der Waals surface area contributed by atoms with Gasteiger partial charge in [0.1, 0.15) is 17.1 Å². The molecule has 114 valence electrons. The molecule has 2 aliphatic heterocycles. The quantitative estimate of drug-likeness (QED) is 0.622. The summed E-state index contributed by atoms with van der Waals surface area (Å²) in [5.74, 6) is -0.745. The van der Waals surface area contributed by atoms with E-state index in [2.05, 4.69) is 10.3 Å². The van der Waals surface area contributed by atoms with Crippen LogP contribution in [0.3, 0.4) is 0 Å². The number of β-lactam (4-membered cyclic amide) rings is 1. The van der Waals surface area contributed by atoms with Gasteiger partial charge in [0, 0.05) is 24.6 Å². The second kappa shape index (κ2) is 6.05. The lowest BCUT2D eigenvalue weighted by molar-refractivity contribution is -0.148. The van der Waals surface area contributed by atoms with Crippen molar-refractivity contribution < 1.29 is 14.7 Å². The Bertz CT molecular complexity index is 663. The summed E-state index contributed by atoms with van der Waals surface area (Å²) in [5.41, 5.74) is 1.07. The molecule has 8 heteroatoms. The van der Waals surface area contributed by atoms with Crippen molar-refractivity contribution >= 4 is 40.8 Å². The maximum atomic E-state index is 12.2. The van der Waals surface area contributed by atoms with Gasteiger partial charge < -0.3 is 10.4 Å². The third kappa shape index (κ3) is 2.71. The van der Waals surface area contributed by atoms with E-state index in [1.54, 1.807) is 18.5 Å². The summed E-state index contributed by atoms with van der Waals surface area (Å²) in [6, 6.07) is 3.27. The fourth-order valence-electron chi connectivity index (χ4n) is 2.45. The first-order valence-corrected chi connectivity index (χ1v) is 8.10. The summed E-state index contributed by atoms with van der Waals surface area (Å²) in [5, 5.41) is 12.0. The van der Waals surface area contributed by atoms with Crippen molar-refractivity contribution in [2.45, 2.75) is 17.8 Å². The van der Waals surface area contributed by atoms with Gasteiger partial charge in [0.25, 0.3) is 5.91 Å². The molecule has 1 aromatic rings. The second-order valence-corrected chi connectivity index (χ2v) is 6.55. The molecule has 0 saturated carbocycles. The molecule has 0 aromatic carbocycles. The number of carbonyl (C=O) groups is 2. The highest BCUT2D eigenvalue weighted by atomic mass is 32.2. The van der Waals surface area contributed by atoms with Crippen molar-refractivity contribution in [3.8, 4) is 0 Å². The molecule has 0 radical (unpaired) electrons. The molecule has 2 N–H and O–H groups in total. The van der Waals surface area contributed by atoms with Gasteiger partial charge in [0.05, 0.1) is 4.99 Å². The van der Waals surface area contributed by atoms with E-state index in [9.17, 15) is 9.59 Å². The number of nitrogens with zero attached hydrogens (tertiary/aromatic N) is 2. The van der Waals surface area contributed by atoms with Crippen LogP contribution in [0.25, 0.3) is 0 Å². The van der Waals surface area contributed by atoms with Gasteiger partial charge in [0.15, 0.2) is 0 Å². The number of thiocarbonyl (C=S) groups is 1. The Morgan fingerprint density at radius 2 is 2.23 bits per heavy atom. The predicted molar refractivity (Wildman–Crippen MR) is 86.3 cm³/mol. The summed E-state index contributed by atoms with van der Waals surface area (Å²) in [4.78, 5) is 29.1. The van der Waals surface area contributed by atoms with Crippen LogP contribution in [0.1, 0.15) is 5.56 Å². The van der Waals surface area contributed by atoms with Crippen molar-refractivity contribution in [1.82, 2.24) is 15.2 Å². The third-order valence-corrected chi connectivity index (χ3v) is 4.94. The maximum absolute atomic E-state index is 12.2. The van der Waals surface area contributed by atoms with E-state index in [1.807, 2.05) is 12.1 Å². The molecule has 1 amide bonds. The minimum absolute atomic E-state index is 0.0619. The van der Waals surface area contributed by atoms with Gasteiger partial charge in [0.2, 0.25) is 0 Å². The molecular weight excluding hydrogens is 322 g/mol. The maximum Gasteiger partial charge on any atom is 0.352 e. The highest BCUT2D eigenvalue weighted by Crippen LogP contribution is 2.37. The number of pyridine rings is 1. The Morgan fingerprint density at radius 3 is 2.91 bits per heavy atom. The van der Waals surface area contributed by atoms with Crippen LogP contribution in [0.15, 0.2) is 36.3 Å². The number of hydrogen-bond acceptors (Lipinski definition) is 5. The number of hydrogen-bond donors (Lipinski definition) is 2. The SMILES string of the molecule is O=C(O)C1=CCS[C@H]2[C@H](NC(=S)Cc3ccncc3)C(=O)N12. The first-order valence-electron chi connectivity index (χ1n) is 6.64. The minimum Gasteiger partial charge on any atom is -0.477 e. The van der Waals surface area contributed by atoms with Crippen molar-refractivity contribution in [3.63, 3.8) is 0 Å². The average molecular weight is 335 g/mol. The van der Waals surface area contributed by atoms with Gasteiger partial charge in [-0.3, -0.25) is 14.7 Å². The molecule has 3 rings (SSSR count). The number of nitrogens with one attached hydrogen (secondary N) is 1. The Labute approximate surface area is 136 Å². The highest BCUT2D eigenvalue weighted by Gasteiger charge is 2.52. The lowest BCUT2D eigenvalue weighted by Crippen LogP contribution is -2.70. The van der Waals surface area contributed by atoms with Gasteiger partial charge in [-0.05, 0) is 23.8 Å². The summed E-state index contributed by atoms with van der Waals surface area (Å²) < 4.78 is 0. The van der Waals surface area contributed by atoms with E-state index in [4.69, 9.17) is 17.3 Å². The zero-order valence-corrected chi connectivity index (χ0v) is 13.1. The second-order valence-electron chi connectivity index (χ2n) is 4.90. The topological polar surface area (TPSA) is 82.5 Å². The fourth-order valence-corrected chi connectivity index (χ4v) is 3.94. The molecule has 1 aromatic heterocycles. The molecule has 2 atom stereocenters. The molecular formula is C14H13N3O3S2. The molecule has 2 aliphatic rings. The zero-order chi connectivity index (χ0) is 15.7. The Hall–Kier alpha value is -1.93. The van der Waals surface area contributed by atoms with Gasteiger partial charge in [-0.2, -0.15) is 0 Å². The predicted octanol–water partition coefficient (Wildman–Crippen LogP) is 0.793. The van der Waals surface area contributed by atoms with Crippen LogP contribution in [0.5, 0.6) is 0 Å². The number of amides is 1. The van der Waals surface area contributed by atoms with Crippen molar-refractivity contribution in [2.75, 3.05) is 5.75 Å². The monoisotopic (exact) mass is 335 g/mol. The van der Waals surface area contributed by atoms with E-state index in [0.717, 1.165) is 5.56 Å². The third-order valence-electron chi connectivity index (χ3n) is 3.50. The van der Waals surface area contributed by atoms with E-state index in [1.165, 1.54) is 16.7 Å². The molecule has 3 heterocycles. The number of thioether (sulfide) groups is 1. The first-order chi connectivity index (χ1) is 10.6. The van der Waals surface area contributed by atoms with Crippen molar-refractivity contribution in [3.05, 3.63) is 41.9 Å². The van der Waals surface area contributed by atoms with Crippen molar-refractivity contribution in [2.24, 2.45) is 0 Å². The molecule has 0 unspecified atom stereocenters. The number of aliphatic carboxylic acids is 1. The Balaban J connectivity index is 1.63. The van der Waals surface area contributed by atoms with E-state index in [-0.39, 0.29) is 17.0 Å². The van der Waals surface area contributed by atoms with Gasteiger partial charge in [-0.15, -0.1) is 11.8 Å². The van der Waals surface area contributed by atoms with Crippen molar-refractivity contribution in [1.29, 1.82) is 0 Å². The Morgan fingerprint density at radius 1 is 1.50 bits per heavy atom. The molecule has 6 nitrogen and oxygen atoms in total. The number of aromatic nitrogens is 1. The highest BCUT2D eigenvalue weighted by molar-refractivity contribution is 8.00. The first kappa shape index (κ1) is 15.0. The molecule has 0 spiro atoms. The summed E-state index contributed by atoms with van der Waals surface area (Å²) in [6.45, 7) is 0. The normalized spacial score (nSPS) is 23.2. The molecule has 0 aliphatic carbocycles. The van der Waals surface area contributed by atoms with Crippen LogP contribution in [0, 0.1) is 0 Å². The smallest absolute Gasteiger partial charge is 0.352 e. The lowest BCUT2D eigenvalue weighted by Gasteiger charge is -2.48. The van der Waals surface area contributed by atoms with Gasteiger partial charge in [-0.1, -0.05) is 12.2 Å². The lowest BCUT2D eigenvalue weighted by atomic mass is 10.0. The Kier molecular flexibility index (Phi) is 4.12. The van der Waals surface area contributed by atoms with Crippen LogP contribution in [-0.2, 0) is 16.0 Å². The standard InChI is InChI=1S/C14H13N3O3S2/c18-12-11(13-17(12)9(14(19)20)3-6-22-13)16-10(21)7-8-1-4-15-5-2-8/h1-5,11,13H,6-7H2,(H,16,21)(H,19,20)/t11-,13+/m1/s1. The molecule has 1 fully saturated rings. The van der Waals surface area contributed by atoms with Crippen LogP contribution in [0.2, 0.25) is 0 Å². The summed E-state index contributed by atoms with van der Waals surface area (Å²) >= 11 is 6.83. The van der Waals surface area contributed by atoms with Crippen LogP contribution >= 0.6 is 24.0 Å². The van der Waals surface area contributed by atoms with Gasteiger partial charge in [-0.25, -0.2) is 4.79 Å². The van der Waals surface area contributed by atoms with Gasteiger partial charge >= 0.3 is 5.97 Å². The van der Waals surface area contributed by atoms with Crippen LogP contribution < -0.4 is 5.32 Å². The zero-order valence-electron chi connectivity index (χ0n) is 11.4. The molecule has 1 saturated heterocycles. The largest absolute Gasteiger partial charge is 0.477 e. The van der Waals surface area contributed by atoms with E-state index in [0.29, 0.717) is 17.2 Å².